The van der Waals surface area contributed by atoms with Crippen molar-refractivity contribution < 1.29 is 0 Å². The third kappa shape index (κ3) is 1.08. The summed E-state index contributed by atoms with van der Waals surface area (Å²) in [5, 5.41) is 1.23. The van der Waals surface area contributed by atoms with Gasteiger partial charge in [0.1, 0.15) is 0 Å². The molecule has 1 spiro atoms. The first-order valence-electron chi connectivity index (χ1n) is 5.18. The Kier molecular flexibility index (Phi) is 2.06. The maximum Gasteiger partial charge on any atom is 0.00653 e. The van der Waals surface area contributed by atoms with Crippen molar-refractivity contribution in [3.63, 3.8) is 0 Å². The van der Waals surface area contributed by atoms with Crippen LogP contribution in [0.3, 0.4) is 0 Å². The van der Waals surface area contributed by atoms with Crippen LogP contribution in [0.4, 0.5) is 0 Å². The minimum atomic E-state index is 0.629. The van der Waals surface area contributed by atoms with E-state index in [0.717, 1.165) is 11.3 Å². The first-order valence-corrected chi connectivity index (χ1v) is 6.30. The van der Waals surface area contributed by atoms with Crippen molar-refractivity contribution in [2.75, 3.05) is 5.33 Å². The molecule has 0 nitrogen and oxygen atoms in total. The summed E-state index contributed by atoms with van der Waals surface area (Å²) < 4.78 is 0. The second-order valence-electron chi connectivity index (χ2n) is 5.30. The molecule has 2 saturated carbocycles. The van der Waals surface area contributed by atoms with Gasteiger partial charge in [0.2, 0.25) is 0 Å². The van der Waals surface area contributed by atoms with Gasteiger partial charge in [0.25, 0.3) is 0 Å². The number of hydrogen-bond donors (Lipinski definition) is 0. The number of halogens is 1. The minimum Gasteiger partial charge on any atom is -0.0925 e. The highest BCUT2D eigenvalue weighted by molar-refractivity contribution is 9.09. The third-order valence-corrected chi connectivity index (χ3v) is 5.22. The standard InChI is InChI=1S/C11H19Br/c1-10(2)5-3-4-6-11(10)7-9(11)8-12/h9H,3-8H2,1-2H3. The van der Waals surface area contributed by atoms with Crippen molar-refractivity contribution in [2.45, 2.75) is 46.0 Å². The topological polar surface area (TPSA) is 0 Å². The fourth-order valence-corrected chi connectivity index (χ4v) is 4.16. The molecule has 2 aliphatic carbocycles. The predicted octanol–water partition coefficient (Wildman–Crippen LogP) is 3.99. The van der Waals surface area contributed by atoms with E-state index in [1.54, 1.807) is 0 Å². The molecule has 0 aromatic carbocycles. The van der Waals surface area contributed by atoms with Gasteiger partial charge in [-0.2, -0.15) is 0 Å². The first kappa shape index (κ1) is 9.05. The zero-order valence-corrected chi connectivity index (χ0v) is 9.78. The van der Waals surface area contributed by atoms with Gasteiger partial charge in [0, 0.05) is 5.33 Å². The molecule has 2 aliphatic rings. The molecule has 2 rings (SSSR count). The van der Waals surface area contributed by atoms with E-state index in [0.29, 0.717) is 5.41 Å². The molecule has 0 heterocycles. The van der Waals surface area contributed by atoms with Gasteiger partial charge in [0.15, 0.2) is 0 Å². The lowest BCUT2D eigenvalue weighted by atomic mass is 9.65. The summed E-state index contributed by atoms with van der Waals surface area (Å²) in [7, 11) is 0. The molecular weight excluding hydrogens is 212 g/mol. The quantitative estimate of drug-likeness (QED) is 0.598. The van der Waals surface area contributed by atoms with E-state index in [9.17, 15) is 0 Å². The van der Waals surface area contributed by atoms with Crippen molar-refractivity contribution in [2.24, 2.45) is 16.7 Å². The molecule has 0 bridgehead atoms. The van der Waals surface area contributed by atoms with E-state index in [1.165, 1.54) is 37.4 Å². The summed E-state index contributed by atoms with van der Waals surface area (Å²) in [6.07, 6.45) is 7.38. The lowest BCUT2D eigenvalue weighted by Crippen LogP contribution is -2.31. The highest BCUT2D eigenvalue weighted by atomic mass is 79.9. The zero-order valence-electron chi connectivity index (χ0n) is 8.20. The van der Waals surface area contributed by atoms with Crippen LogP contribution in [-0.4, -0.2) is 5.33 Å². The predicted molar refractivity (Wildman–Crippen MR) is 56.6 cm³/mol. The van der Waals surface area contributed by atoms with Crippen LogP contribution in [0, 0.1) is 16.7 Å². The highest BCUT2D eigenvalue weighted by Gasteiger charge is 2.61. The third-order valence-electron chi connectivity index (χ3n) is 4.44. The normalized spacial score (nSPS) is 44.8. The van der Waals surface area contributed by atoms with E-state index in [2.05, 4.69) is 29.8 Å². The molecule has 70 valence electrons. The first-order chi connectivity index (χ1) is 5.62. The Bertz CT molecular complexity index is 185. The largest absolute Gasteiger partial charge is 0.0925 e. The number of hydrogen-bond acceptors (Lipinski definition) is 0. The van der Waals surface area contributed by atoms with Crippen molar-refractivity contribution in [1.82, 2.24) is 0 Å². The van der Waals surface area contributed by atoms with Crippen LogP contribution < -0.4 is 0 Å². The fourth-order valence-electron chi connectivity index (χ4n) is 3.31. The maximum absolute atomic E-state index is 3.64. The lowest BCUT2D eigenvalue weighted by Gasteiger charge is -2.40. The lowest BCUT2D eigenvalue weighted by molar-refractivity contribution is 0.102. The van der Waals surface area contributed by atoms with Gasteiger partial charge in [-0.3, -0.25) is 0 Å². The van der Waals surface area contributed by atoms with Crippen LogP contribution in [0.25, 0.3) is 0 Å². The summed E-state index contributed by atoms with van der Waals surface area (Å²) in [4.78, 5) is 0. The Hall–Kier alpha value is 0.480. The summed E-state index contributed by atoms with van der Waals surface area (Å²) in [5.74, 6) is 0.993. The SMILES string of the molecule is CC1(C)CCCCC12CC2CBr. The molecule has 0 aromatic rings. The van der Waals surface area contributed by atoms with Crippen LogP contribution in [0.2, 0.25) is 0 Å². The molecule has 2 atom stereocenters. The van der Waals surface area contributed by atoms with E-state index >= 15 is 0 Å². The second-order valence-corrected chi connectivity index (χ2v) is 5.95. The van der Waals surface area contributed by atoms with Gasteiger partial charge < -0.3 is 0 Å². The Morgan fingerprint density at radius 3 is 2.42 bits per heavy atom. The molecule has 1 heteroatoms. The molecule has 0 aromatic heterocycles. The summed E-state index contributed by atoms with van der Waals surface area (Å²) in [6, 6.07) is 0. The fraction of sp³-hybridized carbons (Fsp3) is 1.00. The van der Waals surface area contributed by atoms with Gasteiger partial charge in [-0.1, -0.05) is 42.6 Å². The molecular formula is C11H19Br. The van der Waals surface area contributed by atoms with Crippen LogP contribution in [0.5, 0.6) is 0 Å². The molecule has 12 heavy (non-hydrogen) atoms. The van der Waals surface area contributed by atoms with E-state index in [1.807, 2.05) is 0 Å². The monoisotopic (exact) mass is 230 g/mol. The van der Waals surface area contributed by atoms with Gasteiger partial charge in [0.05, 0.1) is 0 Å². The minimum absolute atomic E-state index is 0.629. The average Bonchev–Trinajstić information content (AvgIpc) is 2.72. The van der Waals surface area contributed by atoms with E-state index in [4.69, 9.17) is 0 Å². The number of rotatable bonds is 1. The van der Waals surface area contributed by atoms with Crippen LogP contribution in [0.15, 0.2) is 0 Å². The summed E-state index contributed by atoms with van der Waals surface area (Å²) >= 11 is 3.64. The second kappa shape index (κ2) is 2.73. The van der Waals surface area contributed by atoms with Crippen molar-refractivity contribution >= 4 is 15.9 Å². The van der Waals surface area contributed by atoms with Crippen molar-refractivity contribution in [1.29, 1.82) is 0 Å². The Labute approximate surface area is 84.2 Å². The van der Waals surface area contributed by atoms with Crippen molar-refractivity contribution in [3.8, 4) is 0 Å². The molecule has 2 unspecified atom stereocenters. The van der Waals surface area contributed by atoms with Crippen LogP contribution in [-0.2, 0) is 0 Å². The molecule has 0 aliphatic heterocycles. The Balaban J connectivity index is 2.13. The smallest absolute Gasteiger partial charge is 0.00653 e. The Morgan fingerprint density at radius 1 is 1.25 bits per heavy atom. The van der Waals surface area contributed by atoms with Crippen LogP contribution in [0.1, 0.15) is 46.0 Å². The van der Waals surface area contributed by atoms with Gasteiger partial charge in [-0.15, -0.1) is 0 Å². The molecule has 0 radical (unpaired) electrons. The summed E-state index contributed by atoms with van der Waals surface area (Å²) in [5.41, 5.74) is 1.37. The van der Waals surface area contributed by atoms with Crippen molar-refractivity contribution in [3.05, 3.63) is 0 Å². The molecule has 2 fully saturated rings. The van der Waals surface area contributed by atoms with Gasteiger partial charge >= 0.3 is 0 Å². The summed E-state index contributed by atoms with van der Waals surface area (Å²) in [6.45, 7) is 4.96. The molecule has 0 amide bonds. The average molecular weight is 231 g/mol. The van der Waals surface area contributed by atoms with Gasteiger partial charge in [-0.25, -0.2) is 0 Å². The molecule has 0 saturated heterocycles. The zero-order chi connectivity index (χ0) is 8.82. The molecule has 0 N–H and O–H groups in total. The highest BCUT2D eigenvalue weighted by Crippen LogP contribution is 2.69. The van der Waals surface area contributed by atoms with E-state index in [-0.39, 0.29) is 0 Å². The Morgan fingerprint density at radius 2 is 1.92 bits per heavy atom. The van der Waals surface area contributed by atoms with Gasteiger partial charge in [-0.05, 0) is 36.0 Å². The maximum atomic E-state index is 3.64. The van der Waals surface area contributed by atoms with E-state index < -0.39 is 0 Å². The number of alkyl halides is 1. The van der Waals surface area contributed by atoms with Crippen LogP contribution >= 0.6 is 15.9 Å².